The van der Waals surface area contributed by atoms with E-state index in [0.29, 0.717) is 6.10 Å². The monoisotopic (exact) mass is 361 g/mol. The summed E-state index contributed by atoms with van der Waals surface area (Å²) in [6.07, 6.45) is 1.46. The number of benzene rings is 1. The van der Waals surface area contributed by atoms with Gasteiger partial charge in [0.25, 0.3) is 0 Å². The van der Waals surface area contributed by atoms with E-state index in [2.05, 4.69) is 52.8 Å². The molecule has 5 heteroatoms. The van der Waals surface area contributed by atoms with Gasteiger partial charge in [-0.25, -0.2) is 0 Å². The molecule has 1 atom stereocenters. The van der Waals surface area contributed by atoms with Crippen molar-refractivity contribution >= 4 is 0 Å². The molecule has 2 fully saturated rings. The second-order valence-electron chi connectivity index (χ2n) is 7.54. The predicted octanol–water partition coefficient (Wildman–Crippen LogP) is 2.31. The lowest BCUT2D eigenvalue weighted by molar-refractivity contribution is 0.0668. The summed E-state index contributed by atoms with van der Waals surface area (Å²) in [7, 11) is 0. The number of likely N-dealkylation sites (N-methyl/N-ethyl adjacent to an activating group) is 1. The molecule has 0 unspecified atom stereocenters. The average molecular weight is 362 g/mol. The van der Waals surface area contributed by atoms with Crippen LogP contribution in [0.5, 0.6) is 5.75 Å². The second kappa shape index (κ2) is 10.3. The Morgan fingerprint density at radius 2 is 1.73 bits per heavy atom. The van der Waals surface area contributed by atoms with Gasteiger partial charge in [-0.15, -0.1) is 0 Å². The molecule has 0 N–H and O–H groups in total. The molecular weight excluding hydrogens is 326 g/mol. The van der Waals surface area contributed by atoms with Crippen molar-refractivity contribution in [2.45, 2.75) is 32.9 Å². The summed E-state index contributed by atoms with van der Waals surface area (Å²) in [5.41, 5.74) is 1.35. The first-order valence-electron chi connectivity index (χ1n) is 10.2. The van der Waals surface area contributed by atoms with Crippen LogP contribution in [0.1, 0.15) is 25.8 Å². The Kier molecular flexibility index (Phi) is 7.74. The SMILES string of the molecule is CCN1CCN(CCOc2ccc(CN3CCCO[C@H](C)C3)cc2)CC1. The summed E-state index contributed by atoms with van der Waals surface area (Å²) in [4.78, 5) is 7.50. The minimum absolute atomic E-state index is 0.333. The van der Waals surface area contributed by atoms with Crippen LogP contribution in [-0.4, -0.2) is 86.4 Å². The molecule has 1 aromatic rings. The van der Waals surface area contributed by atoms with Gasteiger partial charge in [-0.2, -0.15) is 0 Å². The van der Waals surface area contributed by atoms with Crippen molar-refractivity contribution in [1.82, 2.24) is 14.7 Å². The third kappa shape index (κ3) is 6.23. The van der Waals surface area contributed by atoms with E-state index in [0.717, 1.165) is 64.7 Å². The molecule has 2 aliphatic rings. The Morgan fingerprint density at radius 1 is 1.00 bits per heavy atom. The molecule has 0 amide bonds. The van der Waals surface area contributed by atoms with Gasteiger partial charge >= 0.3 is 0 Å². The lowest BCUT2D eigenvalue weighted by Crippen LogP contribution is -2.47. The zero-order valence-electron chi connectivity index (χ0n) is 16.5. The van der Waals surface area contributed by atoms with Crippen LogP contribution in [0.2, 0.25) is 0 Å². The van der Waals surface area contributed by atoms with Crippen molar-refractivity contribution in [2.75, 3.05) is 65.6 Å². The van der Waals surface area contributed by atoms with Crippen LogP contribution in [0.25, 0.3) is 0 Å². The molecule has 26 heavy (non-hydrogen) atoms. The zero-order chi connectivity index (χ0) is 18.2. The highest BCUT2D eigenvalue weighted by molar-refractivity contribution is 5.27. The summed E-state index contributed by atoms with van der Waals surface area (Å²) >= 11 is 0. The van der Waals surface area contributed by atoms with Crippen LogP contribution < -0.4 is 4.74 Å². The fraction of sp³-hybridized carbons (Fsp3) is 0.714. The number of hydrogen-bond acceptors (Lipinski definition) is 5. The van der Waals surface area contributed by atoms with E-state index in [1.165, 1.54) is 25.2 Å². The highest BCUT2D eigenvalue weighted by atomic mass is 16.5. The van der Waals surface area contributed by atoms with Crippen molar-refractivity contribution in [3.8, 4) is 5.75 Å². The average Bonchev–Trinajstić information content (AvgIpc) is 2.87. The molecule has 146 valence electrons. The van der Waals surface area contributed by atoms with Gasteiger partial charge in [0, 0.05) is 59.0 Å². The Hall–Kier alpha value is -1.14. The molecule has 0 spiro atoms. The van der Waals surface area contributed by atoms with Crippen LogP contribution in [0.15, 0.2) is 24.3 Å². The quantitative estimate of drug-likeness (QED) is 0.743. The fourth-order valence-electron chi connectivity index (χ4n) is 3.79. The number of piperazine rings is 1. The molecule has 0 radical (unpaired) electrons. The number of rotatable bonds is 7. The van der Waals surface area contributed by atoms with Gasteiger partial charge in [0.05, 0.1) is 6.10 Å². The summed E-state index contributed by atoms with van der Waals surface area (Å²) < 4.78 is 11.7. The lowest BCUT2D eigenvalue weighted by atomic mass is 10.2. The topological polar surface area (TPSA) is 28.2 Å². The minimum Gasteiger partial charge on any atom is -0.492 e. The molecule has 2 saturated heterocycles. The van der Waals surface area contributed by atoms with E-state index in [9.17, 15) is 0 Å². The van der Waals surface area contributed by atoms with E-state index in [4.69, 9.17) is 9.47 Å². The maximum Gasteiger partial charge on any atom is 0.119 e. The smallest absolute Gasteiger partial charge is 0.119 e. The first-order valence-corrected chi connectivity index (χ1v) is 10.2. The number of ether oxygens (including phenoxy) is 2. The maximum absolute atomic E-state index is 5.96. The van der Waals surface area contributed by atoms with Crippen LogP contribution in [0, 0.1) is 0 Å². The van der Waals surface area contributed by atoms with Gasteiger partial charge in [-0.05, 0) is 37.6 Å². The van der Waals surface area contributed by atoms with Crippen LogP contribution in [0.3, 0.4) is 0 Å². The van der Waals surface area contributed by atoms with Crippen molar-refractivity contribution < 1.29 is 9.47 Å². The lowest BCUT2D eigenvalue weighted by Gasteiger charge is -2.33. The molecule has 0 aromatic heterocycles. The Bertz CT molecular complexity index is 514. The number of hydrogen-bond donors (Lipinski definition) is 0. The van der Waals surface area contributed by atoms with Gasteiger partial charge in [0.1, 0.15) is 12.4 Å². The van der Waals surface area contributed by atoms with Crippen molar-refractivity contribution in [2.24, 2.45) is 0 Å². The Balaban J connectivity index is 1.37. The number of nitrogens with zero attached hydrogens (tertiary/aromatic N) is 3. The zero-order valence-corrected chi connectivity index (χ0v) is 16.5. The highest BCUT2D eigenvalue weighted by Gasteiger charge is 2.16. The molecule has 2 heterocycles. The summed E-state index contributed by atoms with van der Waals surface area (Å²) in [5.74, 6) is 0.980. The normalized spacial score (nSPS) is 23.7. The van der Waals surface area contributed by atoms with Gasteiger partial charge in [0.2, 0.25) is 0 Å². The van der Waals surface area contributed by atoms with E-state index < -0.39 is 0 Å². The minimum atomic E-state index is 0.333. The third-order valence-electron chi connectivity index (χ3n) is 5.45. The highest BCUT2D eigenvalue weighted by Crippen LogP contribution is 2.15. The largest absolute Gasteiger partial charge is 0.492 e. The summed E-state index contributed by atoms with van der Waals surface area (Å²) in [6.45, 7) is 16.1. The van der Waals surface area contributed by atoms with E-state index >= 15 is 0 Å². The van der Waals surface area contributed by atoms with Crippen molar-refractivity contribution in [3.63, 3.8) is 0 Å². The maximum atomic E-state index is 5.96. The van der Waals surface area contributed by atoms with Crippen LogP contribution >= 0.6 is 0 Å². The third-order valence-corrected chi connectivity index (χ3v) is 5.45. The standard InChI is InChI=1S/C21H35N3O2/c1-3-22-10-12-23(13-11-22)14-16-26-21-7-5-20(6-8-21)18-24-9-4-15-25-19(2)17-24/h5-8,19H,3-4,9-18H2,1-2H3/t19-/m1/s1. The second-order valence-corrected chi connectivity index (χ2v) is 7.54. The van der Waals surface area contributed by atoms with Crippen molar-refractivity contribution in [3.05, 3.63) is 29.8 Å². The van der Waals surface area contributed by atoms with Gasteiger partial charge in [-0.3, -0.25) is 9.80 Å². The summed E-state index contributed by atoms with van der Waals surface area (Å²) in [5, 5.41) is 0. The van der Waals surface area contributed by atoms with E-state index in [1.807, 2.05) is 0 Å². The Labute approximate surface area is 158 Å². The molecule has 3 rings (SSSR count). The Morgan fingerprint density at radius 3 is 2.46 bits per heavy atom. The van der Waals surface area contributed by atoms with Gasteiger partial charge in [0.15, 0.2) is 0 Å². The molecular formula is C21H35N3O2. The molecule has 0 saturated carbocycles. The molecule has 1 aromatic carbocycles. The van der Waals surface area contributed by atoms with Crippen LogP contribution in [0.4, 0.5) is 0 Å². The molecule has 0 aliphatic carbocycles. The molecule has 0 bridgehead atoms. The molecule has 2 aliphatic heterocycles. The first kappa shape index (κ1) is 19.6. The van der Waals surface area contributed by atoms with Gasteiger partial charge in [-0.1, -0.05) is 19.1 Å². The molecule has 5 nitrogen and oxygen atoms in total. The van der Waals surface area contributed by atoms with E-state index in [1.54, 1.807) is 0 Å². The van der Waals surface area contributed by atoms with Crippen molar-refractivity contribution in [1.29, 1.82) is 0 Å². The summed E-state index contributed by atoms with van der Waals surface area (Å²) in [6, 6.07) is 8.63. The predicted molar refractivity (Wildman–Crippen MR) is 106 cm³/mol. The fourth-order valence-corrected chi connectivity index (χ4v) is 3.79. The van der Waals surface area contributed by atoms with Crippen LogP contribution in [-0.2, 0) is 11.3 Å². The van der Waals surface area contributed by atoms with Gasteiger partial charge < -0.3 is 14.4 Å². The van der Waals surface area contributed by atoms with E-state index in [-0.39, 0.29) is 0 Å². The first-order chi connectivity index (χ1) is 12.7.